The highest BCUT2D eigenvalue weighted by atomic mass is 127. The Kier molecular flexibility index (Phi) is 6.56. The van der Waals surface area contributed by atoms with Crippen LogP contribution in [0.4, 0.5) is 0 Å². The van der Waals surface area contributed by atoms with Crippen LogP contribution < -0.4 is 5.32 Å². The number of aryl methyl sites for hydroxylation is 1. The normalized spacial score (nSPS) is 19.4. The molecule has 1 fully saturated rings. The van der Waals surface area contributed by atoms with Crippen LogP contribution in [0.5, 0.6) is 0 Å². The summed E-state index contributed by atoms with van der Waals surface area (Å²) in [7, 11) is 3.72. The molecule has 6 nitrogen and oxygen atoms in total. The van der Waals surface area contributed by atoms with Gasteiger partial charge in [0.2, 0.25) is 0 Å². The maximum absolute atomic E-state index is 8.84. The van der Waals surface area contributed by atoms with Crippen LogP contribution in [0, 0.1) is 0 Å². The van der Waals surface area contributed by atoms with E-state index in [1.165, 1.54) is 5.56 Å². The largest absolute Gasteiger partial charge is 0.395 e. The van der Waals surface area contributed by atoms with Crippen molar-refractivity contribution in [2.24, 2.45) is 12.0 Å². The Bertz CT molecular complexity index is 420. The fraction of sp³-hybridized carbons (Fsp3) is 0.667. The molecule has 1 unspecified atom stereocenters. The Morgan fingerprint density at radius 2 is 2.42 bits per heavy atom. The van der Waals surface area contributed by atoms with E-state index in [-0.39, 0.29) is 30.6 Å². The van der Waals surface area contributed by atoms with Gasteiger partial charge in [-0.3, -0.25) is 9.67 Å². The SMILES string of the molecule is CN=C(NCCO)N1CCC(c2cnn(C)c2)C1.I. The number of halogens is 1. The maximum Gasteiger partial charge on any atom is 0.193 e. The van der Waals surface area contributed by atoms with Gasteiger partial charge >= 0.3 is 0 Å². The Morgan fingerprint density at radius 3 is 3.00 bits per heavy atom. The highest BCUT2D eigenvalue weighted by Gasteiger charge is 2.26. The summed E-state index contributed by atoms with van der Waals surface area (Å²) >= 11 is 0. The zero-order valence-electron chi connectivity index (χ0n) is 11.4. The van der Waals surface area contributed by atoms with Crippen LogP contribution in [-0.2, 0) is 7.05 Å². The van der Waals surface area contributed by atoms with E-state index in [1.807, 2.05) is 17.9 Å². The molecule has 0 bridgehead atoms. The van der Waals surface area contributed by atoms with Gasteiger partial charge in [0.25, 0.3) is 0 Å². The number of aromatic nitrogens is 2. The van der Waals surface area contributed by atoms with Crippen molar-refractivity contribution in [2.45, 2.75) is 12.3 Å². The van der Waals surface area contributed by atoms with E-state index in [0.29, 0.717) is 12.5 Å². The summed E-state index contributed by atoms with van der Waals surface area (Å²) in [5.41, 5.74) is 1.29. The lowest BCUT2D eigenvalue weighted by Crippen LogP contribution is -2.41. The van der Waals surface area contributed by atoms with Crippen LogP contribution in [-0.4, -0.2) is 59.0 Å². The molecule has 108 valence electrons. The molecule has 2 heterocycles. The summed E-state index contributed by atoms with van der Waals surface area (Å²) < 4.78 is 1.84. The van der Waals surface area contributed by atoms with Crippen LogP contribution in [0.25, 0.3) is 0 Å². The molecule has 1 aliphatic heterocycles. The number of likely N-dealkylation sites (tertiary alicyclic amines) is 1. The van der Waals surface area contributed by atoms with E-state index in [2.05, 4.69) is 26.5 Å². The topological polar surface area (TPSA) is 65.7 Å². The molecule has 1 aromatic rings. The first-order valence-corrected chi connectivity index (χ1v) is 6.29. The van der Waals surface area contributed by atoms with E-state index in [9.17, 15) is 0 Å². The molecule has 19 heavy (non-hydrogen) atoms. The van der Waals surface area contributed by atoms with Crippen molar-refractivity contribution in [1.82, 2.24) is 20.0 Å². The second-order valence-corrected chi connectivity index (χ2v) is 4.58. The van der Waals surface area contributed by atoms with Crippen LogP contribution in [0.15, 0.2) is 17.4 Å². The highest BCUT2D eigenvalue weighted by molar-refractivity contribution is 14.0. The smallest absolute Gasteiger partial charge is 0.193 e. The van der Waals surface area contributed by atoms with Crippen LogP contribution in [0.2, 0.25) is 0 Å². The van der Waals surface area contributed by atoms with Gasteiger partial charge in [0.05, 0.1) is 12.8 Å². The van der Waals surface area contributed by atoms with Gasteiger partial charge in [0, 0.05) is 45.8 Å². The first-order chi connectivity index (χ1) is 8.74. The van der Waals surface area contributed by atoms with Crippen molar-refractivity contribution in [3.8, 4) is 0 Å². The summed E-state index contributed by atoms with van der Waals surface area (Å²) in [6.07, 6.45) is 5.14. The van der Waals surface area contributed by atoms with Gasteiger partial charge in [-0.05, 0) is 12.0 Å². The summed E-state index contributed by atoms with van der Waals surface area (Å²) in [4.78, 5) is 6.47. The quantitative estimate of drug-likeness (QED) is 0.453. The van der Waals surface area contributed by atoms with Gasteiger partial charge in [0.1, 0.15) is 0 Å². The minimum Gasteiger partial charge on any atom is -0.395 e. The van der Waals surface area contributed by atoms with Gasteiger partial charge in [-0.25, -0.2) is 0 Å². The monoisotopic (exact) mass is 379 g/mol. The number of hydrogen-bond donors (Lipinski definition) is 2. The van der Waals surface area contributed by atoms with Crippen molar-refractivity contribution in [1.29, 1.82) is 0 Å². The zero-order valence-corrected chi connectivity index (χ0v) is 13.7. The Labute approximate surface area is 130 Å². The molecule has 0 radical (unpaired) electrons. The fourth-order valence-electron chi connectivity index (χ4n) is 2.38. The number of nitrogens with zero attached hydrogens (tertiary/aromatic N) is 4. The maximum atomic E-state index is 8.84. The zero-order chi connectivity index (χ0) is 13.0. The molecule has 1 atom stereocenters. The number of hydrogen-bond acceptors (Lipinski definition) is 3. The van der Waals surface area contributed by atoms with Crippen molar-refractivity contribution >= 4 is 29.9 Å². The second kappa shape index (κ2) is 7.68. The fourth-order valence-corrected chi connectivity index (χ4v) is 2.38. The van der Waals surface area contributed by atoms with Crippen molar-refractivity contribution in [2.75, 3.05) is 33.3 Å². The molecule has 0 aliphatic carbocycles. The van der Waals surface area contributed by atoms with Crippen molar-refractivity contribution < 1.29 is 5.11 Å². The van der Waals surface area contributed by atoms with Gasteiger partial charge < -0.3 is 15.3 Å². The Balaban J connectivity index is 0.00000180. The predicted molar refractivity (Wildman–Crippen MR) is 86.0 cm³/mol. The Hall–Kier alpha value is -0.830. The van der Waals surface area contributed by atoms with Gasteiger partial charge in [-0.2, -0.15) is 5.10 Å². The number of aliphatic imine (C=N–C) groups is 1. The average molecular weight is 379 g/mol. The third-order valence-electron chi connectivity index (χ3n) is 3.29. The predicted octanol–water partition coefficient (Wildman–Crippen LogP) is 0.395. The molecule has 0 amide bonds. The van der Waals surface area contributed by atoms with Gasteiger partial charge in [0.15, 0.2) is 5.96 Å². The van der Waals surface area contributed by atoms with E-state index < -0.39 is 0 Å². The molecule has 0 aromatic carbocycles. The van der Waals surface area contributed by atoms with Gasteiger partial charge in [-0.1, -0.05) is 0 Å². The van der Waals surface area contributed by atoms with Crippen molar-refractivity contribution in [3.05, 3.63) is 18.0 Å². The molecule has 1 saturated heterocycles. The molecule has 0 saturated carbocycles. The van der Waals surface area contributed by atoms with E-state index in [1.54, 1.807) is 7.05 Å². The standard InChI is InChI=1S/C12H21N5O.HI/c1-13-12(14-4-6-18)17-5-3-10(9-17)11-7-15-16(2)8-11;/h7-8,10,18H,3-6,9H2,1-2H3,(H,13,14);1H. The molecule has 7 heteroatoms. The molecule has 2 rings (SSSR count). The van der Waals surface area contributed by atoms with Gasteiger partial charge in [-0.15, -0.1) is 24.0 Å². The molecular weight excluding hydrogens is 357 g/mol. The number of nitrogens with one attached hydrogen (secondary N) is 1. The number of rotatable bonds is 3. The first kappa shape index (κ1) is 16.2. The van der Waals surface area contributed by atoms with E-state index in [0.717, 1.165) is 25.5 Å². The minimum absolute atomic E-state index is 0. The number of guanidine groups is 1. The van der Waals surface area contributed by atoms with Crippen LogP contribution in [0.1, 0.15) is 17.9 Å². The lowest BCUT2D eigenvalue weighted by Gasteiger charge is -2.21. The third-order valence-corrected chi connectivity index (χ3v) is 3.29. The summed E-state index contributed by atoms with van der Waals surface area (Å²) in [6, 6.07) is 0. The Morgan fingerprint density at radius 1 is 1.63 bits per heavy atom. The molecule has 1 aromatic heterocycles. The average Bonchev–Trinajstić information content (AvgIpc) is 2.99. The summed E-state index contributed by atoms with van der Waals surface area (Å²) in [5.74, 6) is 1.39. The van der Waals surface area contributed by atoms with Crippen LogP contribution >= 0.6 is 24.0 Å². The summed E-state index contributed by atoms with van der Waals surface area (Å²) in [6.45, 7) is 2.61. The first-order valence-electron chi connectivity index (χ1n) is 6.29. The number of aliphatic hydroxyl groups is 1. The third kappa shape index (κ3) is 4.07. The molecule has 1 aliphatic rings. The lowest BCUT2D eigenvalue weighted by atomic mass is 10.0. The molecular formula is C12H22IN5O. The van der Waals surface area contributed by atoms with E-state index >= 15 is 0 Å². The summed E-state index contributed by atoms with van der Waals surface area (Å²) in [5, 5.41) is 16.2. The highest BCUT2D eigenvalue weighted by Crippen LogP contribution is 2.26. The second-order valence-electron chi connectivity index (χ2n) is 4.58. The lowest BCUT2D eigenvalue weighted by molar-refractivity contribution is 0.297. The van der Waals surface area contributed by atoms with Crippen LogP contribution in [0.3, 0.4) is 0 Å². The molecule has 0 spiro atoms. The van der Waals surface area contributed by atoms with E-state index in [4.69, 9.17) is 5.11 Å². The number of aliphatic hydroxyl groups excluding tert-OH is 1. The molecule has 2 N–H and O–H groups in total. The minimum atomic E-state index is 0. The van der Waals surface area contributed by atoms with Crippen molar-refractivity contribution in [3.63, 3.8) is 0 Å².